The molecule has 0 aromatic heterocycles. The van der Waals surface area contributed by atoms with Crippen LogP contribution in [0.5, 0.6) is 0 Å². The van der Waals surface area contributed by atoms with Crippen molar-refractivity contribution in [2.45, 2.75) is 25.4 Å². The van der Waals surface area contributed by atoms with Crippen LogP contribution in [0.2, 0.25) is 0 Å². The van der Waals surface area contributed by atoms with E-state index in [9.17, 15) is 9.90 Å². The van der Waals surface area contributed by atoms with Crippen molar-refractivity contribution in [1.29, 1.82) is 0 Å². The number of hydrogen-bond acceptors (Lipinski definition) is 3. The normalized spacial score (nSPS) is 23.0. The van der Waals surface area contributed by atoms with Crippen molar-refractivity contribution < 1.29 is 9.90 Å². The molecule has 0 spiro atoms. The third-order valence-electron chi connectivity index (χ3n) is 3.28. The van der Waals surface area contributed by atoms with Crippen molar-refractivity contribution in [1.82, 2.24) is 5.32 Å². The summed E-state index contributed by atoms with van der Waals surface area (Å²) in [6.07, 6.45) is 1.73. The molecule has 0 unspecified atom stereocenters. The van der Waals surface area contributed by atoms with E-state index in [1.54, 1.807) is 11.8 Å². The Morgan fingerprint density at radius 2 is 2.17 bits per heavy atom. The van der Waals surface area contributed by atoms with Crippen LogP contribution in [0.3, 0.4) is 0 Å². The monoisotopic (exact) mass is 265 g/mol. The summed E-state index contributed by atoms with van der Waals surface area (Å²) in [5.74, 6) is 1.57. The van der Waals surface area contributed by atoms with Gasteiger partial charge < -0.3 is 10.4 Å². The summed E-state index contributed by atoms with van der Waals surface area (Å²) in [5.41, 5.74) is 1.16. The molecule has 1 saturated heterocycles. The number of benzene rings is 1. The molecule has 2 N–H and O–H groups in total. The molecule has 0 aliphatic carbocycles. The Labute approximate surface area is 112 Å². The molecule has 2 rings (SSSR count). The van der Waals surface area contributed by atoms with Crippen LogP contribution in [0, 0.1) is 0 Å². The highest BCUT2D eigenvalue weighted by molar-refractivity contribution is 7.99. The molecule has 1 fully saturated rings. The van der Waals surface area contributed by atoms with E-state index in [2.05, 4.69) is 12.2 Å². The Morgan fingerprint density at radius 3 is 2.72 bits per heavy atom. The second-order valence-corrected chi connectivity index (χ2v) is 5.87. The van der Waals surface area contributed by atoms with E-state index < -0.39 is 5.60 Å². The molecular weight excluding hydrogens is 246 g/mol. The van der Waals surface area contributed by atoms with E-state index in [1.165, 1.54) is 5.56 Å². The topological polar surface area (TPSA) is 49.3 Å². The Balaban J connectivity index is 1.90. The molecule has 0 bridgehead atoms. The van der Waals surface area contributed by atoms with Gasteiger partial charge >= 0.3 is 0 Å². The lowest BCUT2D eigenvalue weighted by atomic mass is 10.0. The average Bonchev–Trinajstić information content (AvgIpc) is 2.83. The number of aliphatic hydroxyl groups is 1. The summed E-state index contributed by atoms with van der Waals surface area (Å²) in [4.78, 5) is 11.9. The SMILES string of the molecule is CCc1ccc(C(=O)NC[C@@]2(O)CCSC2)cc1. The molecular formula is C14H19NO2S. The standard InChI is InChI=1S/C14H19NO2S/c1-2-11-3-5-12(6-4-11)13(16)15-9-14(17)7-8-18-10-14/h3-6,17H,2,7-10H2,1H3,(H,15,16)/t14-/m0/s1. The number of aryl methyl sites for hydroxylation is 1. The first-order chi connectivity index (χ1) is 8.63. The summed E-state index contributed by atoms with van der Waals surface area (Å²) >= 11 is 1.73. The van der Waals surface area contributed by atoms with E-state index in [4.69, 9.17) is 0 Å². The third kappa shape index (κ3) is 3.27. The minimum absolute atomic E-state index is 0.108. The maximum Gasteiger partial charge on any atom is 0.251 e. The van der Waals surface area contributed by atoms with Crippen molar-refractivity contribution in [3.63, 3.8) is 0 Å². The molecule has 18 heavy (non-hydrogen) atoms. The van der Waals surface area contributed by atoms with Crippen LogP contribution in [0.25, 0.3) is 0 Å². The summed E-state index contributed by atoms with van der Waals surface area (Å²) in [6, 6.07) is 7.60. The maximum atomic E-state index is 11.9. The van der Waals surface area contributed by atoms with E-state index in [0.717, 1.165) is 18.6 Å². The summed E-state index contributed by atoms with van der Waals surface area (Å²) in [5, 5.41) is 13.0. The minimum atomic E-state index is -0.719. The van der Waals surface area contributed by atoms with Crippen molar-refractivity contribution in [2.24, 2.45) is 0 Å². The number of rotatable bonds is 4. The van der Waals surface area contributed by atoms with E-state index >= 15 is 0 Å². The lowest BCUT2D eigenvalue weighted by Gasteiger charge is -2.21. The fourth-order valence-corrected chi connectivity index (χ4v) is 3.27. The first-order valence-corrected chi connectivity index (χ1v) is 7.46. The highest BCUT2D eigenvalue weighted by atomic mass is 32.2. The number of nitrogens with one attached hydrogen (secondary N) is 1. The zero-order valence-corrected chi connectivity index (χ0v) is 11.4. The number of carbonyl (C=O) groups excluding carboxylic acids is 1. The molecule has 3 nitrogen and oxygen atoms in total. The van der Waals surface area contributed by atoms with Crippen LogP contribution >= 0.6 is 11.8 Å². The summed E-state index contributed by atoms with van der Waals surface area (Å²) in [7, 11) is 0. The van der Waals surface area contributed by atoms with E-state index in [0.29, 0.717) is 17.9 Å². The molecule has 1 atom stereocenters. The molecule has 1 heterocycles. The van der Waals surface area contributed by atoms with Crippen LogP contribution in [0.15, 0.2) is 24.3 Å². The second-order valence-electron chi connectivity index (χ2n) is 4.76. The predicted molar refractivity (Wildman–Crippen MR) is 75.0 cm³/mol. The van der Waals surface area contributed by atoms with Gasteiger partial charge in [-0.3, -0.25) is 4.79 Å². The molecule has 0 saturated carbocycles. The Bertz CT molecular complexity index is 410. The van der Waals surface area contributed by atoms with Gasteiger partial charge in [-0.2, -0.15) is 11.8 Å². The van der Waals surface area contributed by atoms with Gasteiger partial charge in [0.25, 0.3) is 5.91 Å². The molecule has 1 aliphatic heterocycles. The number of carbonyl (C=O) groups is 1. The van der Waals surface area contributed by atoms with Crippen molar-refractivity contribution in [2.75, 3.05) is 18.1 Å². The molecule has 4 heteroatoms. The fraction of sp³-hybridized carbons (Fsp3) is 0.500. The van der Waals surface area contributed by atoms with Gasteiger partial charge in [0.05, 0.1) is 5.60 Å². The first kappa shape index (κ1) is 13.4. The summed E-state index contributed by atoms with van der Waals surface area (Å²) in [6.45, 7) is 2.43. The van der Waals surface area contributed by atoms with Gasteiger partial charge in [-0.25, -0.2) is 0 Å². The zero-order valence-electron chi connectivity index (χ0n) is 10.6. The van der Waals surface area contributed by atoms with Gasteiger partial charge in [0.2, 0.25) is 0 Å². The van der Waals surface area contributed by atoms with Crippen molar-refractivity contribution >= 4 is 17.7 Å². The van der Waals surface area contributed by atoms with Crippen LogP contribution in [-0.2, 0) is 6.42 Å². The average molecular weight is 265 g/mol. The van der Waals surface area contributed by atoms with Gasteiger partial charge in [0.15, 0.2) is 0 Å². The van der Waals surface area contributed by atoms with Crippen LogP contribution in [0.1, 0.15) is 29.3 Å². The third-order valence-corrected chi connectivity index (χ3v) is 4.52. The number of hydrogen-bond donors (Lipinski definition) is 2. The molecule has 1 aliphatic rings. The van der Waals surface area contributed by atoms with Crippen molar-refractivity contribution in [3.05, 3.63) is 35.4 Å². The molecule has 1 amide bonds. The van der Waals surface area contributed by atoms with Crippen LogP contribution in [-0.4, -0.2) is 34.7 Å². The van der Waals surface area contributed by atoms with Gasteiger partial charge in [-0.1, -0.05) is 19.1 Å². The lowest BCUT2D eigenvalue weighted by Crippen LogP contribution is -2.42. The minimum Gasteiger partial charge on any atom is -0.387 e. The first-order valence-electron chi connectivity index (χ1n) is 6.30. The van der Waals surface area contributed by atoms with Gasteiger partial charge in [-0.05, 0) is 36.3 Å². The molecule has 1 aromatic rings. The number of thioether (sulfide) groups is 1. The highest BCUT2D eigenvalue weighted by Crippen LogP contribution is 2.27. The Kier molecular flexibility index (Phi) is 4.30. The van der Waals surface area contributed by atoms with Gasteiger partial charge in [0.1, 0.15) is 0 Å². The Hall–Kier alpha value is -1.00. The molecule has 0 radical (unpaired) electrons. The van der Waals surface area contributed by atoms with Gasteiger partial charge in [-0.15, -0.1) is 0 Å². The Morgan fingerprint density at radius 1 is 1.44 bits per heavy atom. The molecule has 1 aromatic carbocycles. The predicted octanol–water partition coefficient (Wildman–Crippen LogP) is 1.85. The van der Waals surface area contributed by atoms with E-state index in [1.807, 2.05) is 24.3 Å². The van der Waals surface area contributed by atoms with E-state index in [-0.39, 0.29) is 5.91 Å². The fourth-order valence-electron chi connectivity index (χ4n) is 1.97. The number of amides is 1. The lowest BCUT2D eigenvalue weighted by molar-refractivity contribution is 0.0612. The second kappa shape index (κ2) is 5.76. The highest BCUT2D eigenvalue weighted by Gasteiger charge is 2.31. The van der Waals surface area contributed by atoms with Crippen LogP contribution < -0.4 is 5.32 Å². The van der Waals surface area contributed by atoms with Crippen molar-refractivity contribution in [3.8, 4) is 0 Å². The smallest absolute Gasteiger partial charge is 0.251 e. The molecule has 98 valence electrons. The maximum absolute atomic E-state index is 11.9. The quantitative estimate of drug-likeness (QED) is 0.873. The largest absolute Gasteiger partial charge is 0.387 e. The zero-order chi connectivity index (χ0) is 13.0. The van der Waals surface area contributed by atoms with Crippen LogP contribution in [0.4, 0.5) is 0 Å². The summed E-state index contributed by atoms with van der Waals surface area (Å²) < 4.78 is 0. The van der Waals surface area contributed by atoms with Gasteiger partial charge in [0, 0.05) is 17.9 Å².